The Balaban J connectivity index is 1.66. The summed E-state index contributed by atoms with van der Waals surface area (Å²) in [5.74, 6) is -0.522. The molecule has 0 unspecified atom stereocenters. The molecular weight excluding hydrogens is 350 g/mol. The van der Waals surface area contributed by atoms with Gasteiger partial charge in [0.25, 0.3) is 5.91 Å². The van der Waals surface area contributed by atoms with Crippen molar-refractivity contribution in [3.63, 3.8) is 0 Å². The number of esters is 1. The first-order valence-electron chi connectivity index (χ1n) is 8.15. The lowest BCUT2D eigenvalue weighted by Gasteiger charge is -2.13. The summed E-state index contributed by atoms with van der Waals surface area (Å²) in [7, 11) is 1.50. The van der Waals surface area contributed by atoms with Gasteiger partial charge in [-0.1, -0.05) is 30.3 Å². The lowest BCUT2D eigenvalue weighted by molar-refractivity contribution is -0.124. The van der Waals surface area contributed by atoms with Crippen LogP contribution >= 0.6 is 11.3 Å². The largest absolute Gasteiger partial charge is 0.496 e. The second-order valence-corrected chi connectivity index (χ2v) is 6.76. The topological polar surface area (TPSA) is 64.6 Å². The molecule has 0 saturated carbocycles. The van der Waals surface area contributed by atoms with Crippen molar-refractivity contribution in [2.45, 2.75) is 13.0 Å². The van der Waals surface area contributed by atoms with Gasteiger partial charge in [0.2, 0.25) is 0 Å². The third-order valence-corrected chi connectivity index (χ3v) is 5.02. The second kappa shape index (κ2) is 8.01. The van der Waals surface area contributed by atoms with E-state index in [1.54, 1.807) is 23.5 Å². The number of carbonyl (C=O) groups excluding carboxylic acids is 2. The molecule has 2 aromatic carbocycles. The molecule has 0 saturated heterocycles. The van der Waals surface area contributed by atoms with Gasteiger partial charge in [-0.3, -0.25) is 4.79 Å². The Bertz CT molecular complexity index is 921. The van der Waals surface area contributed by atoms with E-state index >= 15 is 0 Å². The average molecular weight is 369 g/mol. The van der Waals surface area contributed by atoms with Gasteiger partial charge in [-0.15, -0.1) is 11.3 Å². The lowest BCUT2D eigenvalue weighted by atomic mass is 10.1. The fraction of sp³-hybridized carbons (Fsp3) is 0.200. The number of rotatable bonds is 6. The Morgan fingerprint density at radius 2 is 1.85 bits per heavy atom. The number of amides is 1. The van der Waals surface area contributed by atoms with E-state index in [1.807, 2.05) is 48.7 Å². The summed E-state index contributed by atoms with van der Waals surface area (Å²) in [5.41, 5.74) is 0.297. The molecule has 0 aliphatic heterocycles. The van der Waals surface area contributed by atoms with E-state index in [4.69, 9.17) is 9.47 Å². The van der Waals surface area contributed by atoms with Gasteiger partial charge >= 0.3 is 5.97 Å². The molecule has 0 bridgehead atoms. The van der Waals surface area contributed by atoms with E-state index in [0.717, 1.165) is 15.6 Å². The number of hydrogen-bond acceptors (Lipinski definition) is 5. The van der Waals surface area contributed by atoms with Crippen LogP contribution in [0.3, 0.4) is 0 Å². The number of fused-ring (bicyclic) bond motifs is 1. The quantitative estimate of drug-likeness (QED) is 0.669. The first kappa shape index (κ1) is 17.9. The Hall–Kier alpha value is -2.86. The fourth-order valence-electron chi connectivity index (χ4n) is 2.65. The van der Waals surface area contributed by atoms with Gasteiger partial charge in [0, 0.05) is 4.88 Å². The van der Waals surface area contributed by atoms with Crippen LogP contribution in [-0.4, -0.2) is 25.6 Å². The number of methoxy groups -OCH3 is 1. The van der Waals surface area contributed by atoms with Crippen LogP contribution in [0.15, 0.2) is 53.9 Å². The lowest BCUT2D eigenvalue weighted by Crippen LogP contribution is -2.30. The second-order valence-electron chi connectivity index (χ2n) is 5.78. The van der Waals surface area contributed by atoms with E-state index in [-0.39, 0.29) is 18.6 Å². The van der Waals surface area contributed by atoms with Crippen LogP contribution in [0.4, 0.5) is 0 Å². The predicted molar refractivity (Wildman–Crippen MR) is 102 cm³/mol. The minimum Gasteiger partial charge on any atom is -0.496 e. The van der Waals surface area contributed by atoms with Crippen LogP contribution in [0.25, 0.3) is 10.8 Å². The molecule has 134 valence electrons. The maximum atomic E-state index is 12.4. The van der Waals surface area contributed by atoms with Gasteiger partial charge in [-0.05, 0) is 41.3 Å². The molecule has 1 aromatic heterocycles. The van der Waals surface area contributed by atoms with Crippen molar-refractivity contribution in [1.82, 2.24) is 5.32 Å². The molecule has 1 heterocycles. The standard InChI is InChI=1S/C20H19NO4S/c1-13(18-8-5-9-26-18)21-19(22)12-25-20(23)16-10-14-6-3-4-7-15(14)11-17(16)24-2/h3-11,13H,12H2,1-2H3,(H,21,22)/t13-/m0/s1. The van der Waals surface area contributed by atoms with Gasteiger partial charge < -0.3 is 14.8 Å². The number of nitrogens with one attached hydrogen (secondary N) is 1. The van der Waals surface area contributed by atoms with Gasteiger partial charge in [0.1, 0.15) is 11.3 Å². The van der Waals surface area contributed by atoms with E-state index in [1.165, 1.54) is 7.11 Å². The third-order valence-electron chi connectivity index (χ3n) is 3.97. The molecule has 5 nitrogen and oxygen atoms in total. The van der Waals surface area contributed by atoms with Crippen LogP contribution in [0.5, 0.6) is 5.75 Å². The van der Waals surface area contributed by atoms with Crippen molar-refractivity contribution < 1.29 is 19.1 Å². The SMILES string of the molecule is COc1cc2ccccc2cc1C(=O)OCC(=O)N[C@@H](C)c1cccs1. The first-order valence-corrected chi connectivity index (χ1v) is 9.03. The minimum absolute atomic E-state index is 0.128. The predicted octanol–water partition coefficient (Wildman–Crippen LogP) is 3.94. The molecular formula is C20H19NO4S. The fourth-order valence-corrected chi connectivity index (χ4v) is 3.38. The van der Waals surface area contributed by atoms with Crippen molar-refractivity contribution in [1.29, 1.82) is 0 Å². The molecule has 0 fully saturated rings. The smallest absolute Gasteiger partial charge is 0.342 e. The summed E-state index contributed by atoms with van der Waals surface area (Å²) in [6, 6.07) is 14.9. The molecule has 6 heteroatoms. The summed E-state index contributed by atoms with van der Waals surface area (Å²) >= 11 is 1.56. The van der Waals surface area contributed by atoms with E-state index in [2.05, 4.69) is 5.32 Å². The van der Waals surface area contributed by atoms with Gasteiger partial charge in [-0.25, -0.2) is 4.79 Å². The zero-order valence-electron chi connectivity index (χ0n) is 14.5. The normalized spacial score (nSPS) is 11.8. The molecule has 0 aliphatic rings. The zero-order valence-corrected chi connectivity index (χ0v) is 15.3. The number of carbonyl (C=O) groups is 2. The number of ether oxygens (including phenoxy) is 2. The monoisotopic (exact) mass is 369 g/mol. The Labute approximate surface area is 155 Å². The van der Waals surface area contributed by atoms with Crippen molar-refractivity contribution in [2.75, 3.05) is 13.7 Å². The first-order chi connectivity index (χ1) is 12.6. The molecule has 3 aromatic rings. The Kier molecular flexibility index (Phi) is 5.53. The molecule has 1 amide bonds. The summed E-state index contributed by atoms with van der Waals surface area (Å²) in [5, 5.41) is 6.62. The van der Waals surface area contributed by atoms with Crippen LogP contribution in [0.2, 0.25) is 0 Å². The molecule has 0 radical (unpaired) electrons. The Morgan fingerprint density at radius 1 is 1.12 bits per heavy atom. The van der Waals surface area contributed by atoms with Crippen molar-refractivity contribution in [3.05, 3.63) is 64.4 Å². The van der Waals surface area contributed by atoms with Crippen LogP contribution in [0, 0.1) is 0 Å². The average Bonchev–Trinajstić information content (AvgIpc) is 3.20. The zero-order chi connectivity index (χ0) is 18.5. The molecule has 3 rings (SSSR count). The molecule has 1 N–H and O–H groups in total. The number of benzene rings is 2. The van der Waals surface area contributed by atoms with Crippen LogP contribution in [-0.2, 0) is 9.53 Å². The van der Waals surface area contributed by atoms with E-state index < -0.39 is 5.97 Å². The highest BCUT2D eigenvalue weighted by molar-refractivity contribution is 7.10. The summed E-state index contributed by atoms with van der Waals surface area (Å²) in [6.45, 7) is 1.54. The van der Waals surface area contributed by atoms with Crippen LogP contribution in [0.1, 0.15) is 28.2 Å². The maximum absolute atomic E-state index is 12.4. The Morgan fingerprint density at radius 3 is 2.50 bits per heavy atom. The van der Waals surface area contributed by atoms with E-state index in [0.29, 0.717) is 11.3 Å². The molecule has 1 atom stereocenters. The summed E-state index contributed by atoms with van der Waals surface area (Å²) < 4.78 is 10.5. The summed E-state index contributed by atoms with van der Waals surface area (Å²) in [6.07, 6.45) is 0. The van der Waals surface area contributed by atoms with Crippen molar-refractivity contribution >= 4 is 34.0 Å². The maximum Gasteiger partial charge on any atom is 0.342 e. The van der Waals surface area contributed by atoms with Gasteiger partial charge in [0.05, 0.1) is 13.2 Å². The van der Waals surface area contributed by atoms with E-state index in [9.17, 15) is 9.59 Å². The van der Waals surface area contributed by atoms with Crippen molar-refractivity contribution in [3.8, 4) is 5.75 Å². The van der Waals surface area contributed by atoms with Crippen molar-refractivity contribution in [2.24, 2.45) is 0 Å². The molecule has 0 aliphatic carbocycles. The number of hydrogen-bond donors (Lipinski definition) is 1. The molecule has 26 heavy (non-hydrogen) atoms. The highest BCUT2D eigenvalue weighted by atomic mass is 32.1. The number of thiophene rings is 1. The van der Waals surface area contributed by atoms with Gasteiger partial charge in [-0.2, -0.15) is 0 Å². The minimum atomic E-state index is -0.591. The highest BCUT2D eigenvalue weighted by Crippen LogP contribution is 2.26. The highest BCUT2D eigenvalue weighted by Gasteiger charge is 2.17. The molecule has 0 spiro atoms. The summed E-state index contributed by atoms with van der Waals surface area (Å²) in [4.78, 5) is 25.5. The van der Waals surface area contributed by atoms with Crippen LogP contribution < -0.4 is 10.1 Å². The third kappa shape index (κ3) is 4.03. The van der Waals surface area contributed by atoms with Gasteiger partial charge in [0.15, 0.2) is 6.61 Å².